The molecular formula is C10H13ClF3N3O3. The van der Waals surface area contributed by atoms with E-state index in [1.54, 1.807) is 0 Å². The van der Waals surface area contributed by atoms with Gasteiger partial charge in [-0.1, -0.05) is 11.6 Å². The van der Waals surface area contributed by atoms with Gasteiger partial charge in [0.2, 0.25) is 0 Å². The summed E-state index contributed by atoms with van der Waals surface area (Å²) in [6, 6.07) is 0. The van der Waals surface area contributed by atoms with E-state index in [2.05, 4.69) is 10.4 Å². The minimum Gasteiger partial charge on any atom is -0.394 e. The van der Waals surface area contributed by atoms with Gasteiger partial charge in [-0.3, -0.25) is 4.79 Å². The first-order chi connectivity index (χ1) is 9.12. The van der Waals surface area contributed by atoms with Crippen molar-refractivity contribution in [3.05, 3.63) is 21.6 Å². The monoisotopic (exact) mass is 315 g/mol. The molecule has 0 aliphatic rings. The Hall–Kier alpha value is -1.32. The van der Waals surface area contributed by atoms with Crippen LogP contribution in [-0.4, -0.2) is 44.9 Å². The molecule has 1 aromatic heterocycles. The summed E-state index contributed by atoms with van der Waals surface area (Å²) in [5.41, 5.74) is -2.37. The molecule has 0 fully saturated rings. The molecule has 0 atom stereocenters. The lowest BCUT2D eigenvalue weighted by Gasteiger charge is -2.27. The fourth-order valence-corrected chi connectivity index (χ4v) is 1.48. The van der Waals surface area contributed by atoms with Gasteiger partial charge in [0.15, 0.2) is 0 Å². The van der Waals surface area contributed by atoms with Crippen LogP contribution in [0.25, 0.3) is 0 Å². The predicted octanol–water partition coefficient (Wildman–Crippen LogP) is 0.614. The summed E-state index contributed by atoms with van der Waals surface area (Å²) in [6.07, 6.45) is -3.67. The Morgan fingerprint density at radius 1 is 1.40 bits per heavy atom. The molecule has 0 bridgehead atoms. The topological polar surface area (TPSA) is 87.4 Å². The summed E-state index contributed by atoms with van der Waals surface area (Å²) in [4.78, 5) is 11.6. The first kappa shape index (κ1) is 16.7. The Morgan fingerprint density at radius 2 is 1.95 bits per heavy atom. The first-order valence-electron chi connectivity index (χ1n) is 5.44. The van der Waals surface area contributed by atoms with Crippen LogP contribution in [0.3, 0.4) is 0 Å². The van der Waals surface area contributed by atoms with Crippen LogP contribution in [0.5, 0.6) is 0 Å². The van der Waals surface area contributed by atoms with Gasteiger partial charge in [-0.15, -0.1) is 0 Å². The van der Waals surface area contributed by atoms with E-state index in [1.165, 1.54) is 6.92 Å². The first-order valence-corrected chi connectivity index (χ1v) is 5.82. The molecule has 0 amide bonds. The smallest absolute Gasteiger partial charge is 0.394 e. The number of rotatable bonds is 5. The van der Waals surface area contributed by atoms with Crippen LogP contribution in [0, 0.1) is 0 Å². The number of hydrogen-bond acceptors (Lipinski definition) is 5. The lowest BCUT2D eigenvalue weighted by Crippen LogP contribution is -2.43. The quantitative estimate of drug-likeness (QED) is 0.741. The third-order valence-electron chi connectivity index (χ3n) is 2.45. The zero-order chi connectivity index (χ0) is 15.6. The Balaban J connectivity index is 3.10. The van der Waals surface area contributed by atoms with Crippen molar-refractivity contribution in [3.63, 3.8) is 0 Å². The summed E-state index contributed by atoms with van der Waals surface area (Å²) in [6.45, 7) is -1.08. The van der Waals surface area contributed by atoms with Crippen LogP contribution >= 0.6 is 11.6 Å². The number of nitrogens with one attached hydrogen (secondary N) is 1. The Bertz CT molecular complexity index is 529. The minimum atomic E-state index is -4.60. The summed E-state index contributed by atoms with van der Waals surface area (Å²) < 4.78 is 36.8. The average Bonchev–Trinajstić information content (AvgIpc) is 2.37. The average molecular weight is 316 g/mol. The molecule has 0 saturated heterocycles. The molecule has 1 heterocycles. The molecule has 1 aromatic rings. The second-order valence-electron chi connectivity index (χ2n) is 4.45. The van der Waals surface area contributed by atoms with Crippen LogP contribution in [0.15, 0.2) is 11.0 Å². The molecule has 0 spiro atoms. The Labute approximate surface area is 116 Å². The van der Waals surface area contributed by atoms with E-state index in [1.807, 2.05) is 0 Å². The van der Waals surface area contributed by atoms with E-state index < -0.39 is 42.1 Å². The number of aliphatic hydroxyl groups is 2. The zero-order valence-electron chi connectivity index (χ0n) is 10.4. The van der Waals surface area contributed by atoms with Gasteiger partial charge in [-0.05, 0) is 6.92 Å². The molecule has 0 aromatic carbocycles. The van der Waals surface area contributed by atoms with E-state index >= 15 is 0 Å². The number of alkyl halides is 3. The zero-order valence-corrected chi connectivity index (χ0v) is 11.2. The van der Waals surface area contributed by atoms with Gasteiger partial charge in [0.05, 0.1) is 30.6 Å². The van der Waals surface area contributed by atoms with Gasteiger partial charge in [0.1, 0.15) is 11.6 Å². The van der Waals surface area contributed by atoms with Gasteiger partial charge >= 0.3 is 6.18 Å². The highest BCUT2D eigenvalue weighted by Gasteiger charge is 2.30. The molecule has 1 rings (SSSR count). The lowest BCUT2D eigenvalue weighted by molar-refractivity contribution is -0.143. The predicted molar refractivity (Wildman–Crippen MR) is 65.8 cm³/mol. The van der Waals surface area contributed by atoms with Crippen LogP contribution < -0.4 is 10.9 Å². The summed E-state index contributed by atoms with van der Waals surface area (Å²) in [5, 5.41) is 23.6. The van der Waals surface area contributed by atoms with Crippen molar-refractivity contribution in [2.24, 2.45) is 0 Å². The van der Waals surface area contributed by atoms with Gasteiger partial charge in [-0.25, -0.2) is 4.68 Å². The van der Waals surface area contributed by atoms with Crippen molar-refractivity contribution in [3.8, 4) is 0 Å². The van der Waals surface area contributed by atoms with Crippen molar-refractivity contribution in [1.29, 1.82) is 0 Å². The molecule has 0 radical (unpaired) electrons. The Morgan fingerprint density at radius 3 is 2.40 bits per heavy atom. The normalized spacial score (nSPS) is 12.6. The molecule has 114 valence electrons. The van der Waals surface area contributed by atoms with Crippen molar-refractivity contribution in [2.45, 2.75) is 25.2 Å². The fourth-order valence-electron chi connectivity index (χ4n) is 1.29. The van der Waals surface area contributed by atoms with Crippen LogP contribution in [0.1, 0.15) is 6.92 Å². The molecule has 6 nitrogen and oxygen atoms in total. The van der Waals surface area contributed by atoms with Gasteiger partial charge < -0.3 is 15.5 Å². The number of aromatic nitrogens is 2. The number of aliphatic hydroxyl groups excluding tert-OH is 2. The van der Waals surface area contributed by atoms with Crippen molar-refractivity contribution < 1.29 is 23.4 Å². The fraction of sp³-hybridized carbons (Fsp3) is 0.600. The molecule has 20 heavy (non-hydrogen) atoms. The molecular weight excluding hydrogens is 303 g/mol. The second-order valence-corrected chi connectivity index (χ2v) is 4.83. The van der Waals surface area contributed by atoms with E-state index in [9.17, 15) is 18.0 Å². The van der Waals surface area contributed by atoms with E-state index in [4.69, 9.17) is 21.8 Å². The van der Waals surface area contributed by atoms with E-state index in [-0.39, 0.29) is 10.4 Å². The van der Waals surface area contributed by atoms with Crippen molar-refractivity contribution >= 4 is 17.3 Å². The molecule has 0 unspecified atom stereocenters. The third-order valence-corrected chi connectivity index (χ3v) is 2.81. The van der Waals surface area contributed by atoms with E-state index in [0.717, 1.165) is 6.20 Å². The summed E-state index contributed by atoms with van der Waals surface area (Å²) in [7, 11) is 0. The maximum absolute atomic E-state index is 12.2. The summed E-state index contributed by atoms with van der Waals surface area (Å²) >= 11 is 5.68. The molecule has 3 N–H and O–H groups in total. The molecule has 10 heteroatoms. The Kier molecular flexibility index (Phi) is 5.00. The lowest BCUT2D eigenvalue weighted by atomic mass is 10.1. The maximum Gasteiger partial charge on any atom is 0.408 e. The number of halogens is 4. The van der Waals surface area contributed by atoms with Crippen molar-refractivity contribution in [1.82, 2.24) is 9.78 Å². The van der Waals surface area contributed by atoms with Gasteiger partial charge in [0.25, 0.3) is 5.56 Å². The SMILES string of the molecule is CC(CO)(CO)Nc1cnn(CC(F)(F)F)c(=O)c1Cl. The van der Waals surface area contributed by atoms with Gasteiger partial charge in [0, 0.05) is 0 Å². The number of anilines is 1. The van der Waals surface area contributed by atoms with E-state index in [0.29, 0.717) is 0 Å². The molecule has 0 saturated carbocycles. The molecule has 0 aliphatic heterocycles. The van der Waals surface area contributed by atoms with Gasteiger partial charge in [-0.2, -0.15) is 18.3 Å². The van der Waals surface area contributed by atoms with Crippen LogP contribution in [0.4, 0.5) is 18.9 Å². The molecule has 0 aliphatic carbocycles. The van der Waals surface area contributed by atoms with Crippen LogP contribution in [0.2, 0.25) is 5.02 Å². The standard InChI is InChI=1S/C10H13ClF3N3O3/c1-9(4-18,5-19)16-6-2-15-17(3-10(12,13)14)8(20)7(6)11/h2,16,18-19H,3-5H2,1H3. The van der Waals surface area contributed by atoms with Crippen molar-refractivity contribution in [2.75, 3.05) is 18.5 Å². The summed E-state index contributed by atoms with van der Waals surface area (Å²) in [5.74, 6) is 0. The van der Waals surface area contributed by atoms with Crippen LogP contribution in [-0.2, 0) is 6.54 Å². The highest BCUT2D eigenvalue weighted by atomic mass is 35.5. The highest BCUT2D eigenvalue weighted by Crippen LogP contribution is 2.21. The third kappa shape index (κ3) is 4.09. The number of hydrogen-bond donors (Lipinski definition) is 3. The largest absolute Gasteiger partial charge is 0.408 e. The second kappa shape index (κ2) is 5.98. The minimum absolute atomic E-state index is 0.0688. The number of nitrogens with zero attached hydrogens (tertiary/aromatic N) is 2. The highest BCUT2D eigenvalue weighted by molar-refractivity contribution is 6.32. The maximum atomic E-state index is 12.2.